The van der Waals surface area contributed by atoms with E-state index in [4.69, 9.17) is 4.74 Å². The summed E-state index contributed by atoms with van der Waals surface area (Å²) in [6.07, 6.45) is 0. The fourth-order valence-corrected chi connectivity index (χ4v) is 1.91. The number of nitro benzene ring substituents is 1. The van der Waals surface area contributed by atoms with E-state index in [2.05, 4.69) is 5.32 Å². The van der Waals surface area contributed by atoms with E-state index >= 15 is 0 Å². The molecule has 0 saturated heterocycles. The first-order valence-corrected chi connectivity index (χ1v) is 7.58. The van der Waals surface area contributed by atoms with Gasteiger partial charge in [-0.3, -0.25) is 19.7 Å². The van der Waals surface area contributed by atoms with Crippen LogP contribution in [0.3, 0.4) is 0 Å². The number of amides is 2. The topological polar surface area (TPSA) is 102 Å². The van der Waals surface area contributed by atoms with Crippen molar-refractivity contribution in [3.8, 4) is 5.75 Å². The maximum Gasteiger partial charge on any atom is 0.269 e. The van der Waals surface area contributed by atoms with Crippen LogP contribution in [-0.4, -0.2) is 46.9 Å². The van der Waals surface area contributed by atoms with Crippen LogP contribution >= 0.6 is 0 Å². The van der Waals surface area contributed by atoms with E-state index in [1.807, 2.05) is 20.8 Å². The Morgan fingerprint density at radius 3 is 2.29 bits per heavy atom. The van der Waals surface area contributed by atoms with Crippen LogP contribution in [0.1, 0.15) is 27.7 Å². The SMILES string of the molecule is CCN(CC(=O)NC(C)(C)C)C(=O)COc1ccc([N+](=O)[O-])cc1. The predicted molar refractivity (Wildman–Crippen MR) is 88.7 cm³/mol. The van der Waals surface area contributed by atoms with E-state index in [-0.39, 0.29) is 36.2 Å². The van der Waals surface area contributed by atoms with Crippen molar-refractivity contribution in [1.29, 1.82) is 0 Å². The van der Waals surface area contributed by atoms with Gasteiger partial charge in [-0.05, 0) is 39.8 Å². The van der Waals surface area contributed by atoms with Gasteiger partial charge in [0, 0.05) is 24.2 Å². The number of nitrogens with one attached hydrogen (secondary N) is 1. The molecule has 0 heterocycles. The number of hydrogen-bond acceptors (Lipinski definition) is 5. The zero-order valence-corrected chi connectivity index (χ0v) is 14.4. The van der Waals surface area contributed by atoms with Crippen LogP contribution in [0, 0.1) is 10.1 Å². The van der Waals surface area contributed by atoms with E-state index in [1.54, 1.807) is 6.92 Å². The first-order valence-electron chi connectivity index (χ1n) is 7.58. The van der Waals surface area contributed by atoms with Crippen molar-refractivity contribution >= 4 is 17.5 Å². The maximum atomic E-state index is 12.1. The van der Waals surface area contributed by atoms with Crippen LogP contribution in [0.25, 0.3) is 0 Å². The molecule has 8 heteroatoms. The highest BCUT2D eigenvalue weighted by Crippen LogP contribution is 2.17. The second-order valence-corrected chi connectivity index (χ2v) is 6.25. The predicted octanol–water partition coefficient (Wildman–Crippen LogP) is 1.74. The molecule has 2 amide bonds. The Hall–Kier alpha value is -2.64. The third kappa shape index (κ3) is 6.64. The molecule has 132 valence electrons. The Balaban J connectivity index is 2.55. The van der Waals surface area contributed by atoms with Crippen LogP contribution in [-0.2, 0) is 9.59 Å². The summed E-state index contributed by atoms with van der Waals surface area (Å²) >= 11 is 0. The maximum absolute atomic E-state index is 12.1. The lowest BCUT2D eigenvalue weighted by Gasteiger charge is -2.25. The number of nitro groups is 1. The molecule has 1 N–H and O–H groups in total. The molecule has 1 aromatic rings. The number of carbonyl (C=O) groups excluding carboxylic acids is 2. The minimum absolute atomic E-state index is 0.0454. The van der Waals surface area contributed by atoms with Crippen LogP contribution in [0.15, 0.2) is 24.3 Å². The molecule has 0 aliphatic rings. The summed E-state index contributed by atoms with van der Waals surface area (Å²) in [6.45, 7) is 7.45. The molecule has 8 nitrogen and oxygen atoms in total. The van der Waals surface area contributed by atoms with Crippen molar-refractivity contribution < 1.29 is 19.2 Å². The minimum atomic E-state index is -0.512. The van der Waals surface area contributed by atoms with Crippen LogP contribution in [0.2, 0.25) is 0 Å². The standard InChI is InChI=1S/C16H23N3O5/c1-5-18(10-14(20)17-16(2,3)4)15(21)11-24-13-8-6-12(7-9-13)19(22)23/h6-9H,5,10-11H2,1-4H3,(H,17,20). The molecular formula is C16H23N3O5. The summed E-state index contributed by atoms with van der Waals surface area (Å²) in [5, 5.41) is 13.4. The smallest absolute Gasteiger partial charge is 0.269 e. The van der Waals surface area contributed by atoms with Gasteiger partial charge in [-0.25, -0.2) is 0 Å². The lowest BCUT2D eigenvalue weighted by Crippen LogP contribution is -2.48. The zero-order valence-electron chi connectivity index (χ0n) is 14.4. The largest absolute Gasteiger partial charge is 0.484 e. The monoisotopic (exact) mass is 337 g/mol. The number of ether oxygens (including phenoxy) is 1. The molecule has 0 radical (unpaired) electrons. The average Bonchev–Trinajstić information content (AvgIpc) is 2.48. The van der Waals surface area contributed by atoms with E-state index < -0.39 is 4.92 Å². The molecule has 0 aliphatic carbocycles. The number of nitrogens with zero attached hydrogens (tertiary/aromatic N) is 2. The lowest BCUT2D eigenvalue weighted by molar-refractivity contribution is -0.384. The van der Waals surface area contributed by atoms with Crippen LogP contribution in [0.4, 0.5) is 5.69 Å². The molecule has 0 aromatic heterocycles. The first-order chi connectivity index (χ1) is 11.1. The summed E-state index contributed by atoms with van der Waals surface area (Å²) < 4.78 is 5.32. The molecule has 0 fully saturated rings. The van der Waals surface area contributed by atoms with Gasteiger partial charge in [0.1, 0.15) is 5.75 Å². The normalized spacial score (nSPS) is 10.8. The summed E-state index contributed by atoms with van der Waals surface area (Å²) in [6, 6.07) is 5.45. The Kier molecular flexibility index (Phi) is 6.69. The summed E-state index contributed by atoms with van der Waals surface area (Å²) in [7, 11) is 0. The van der Waals surface area contributed by atoms with Crippen molar-refractivity contribution in [2.75, 3.05) is 19.7 Å². The van der Waals surface area contributed by atoms with Gasteiger partial charge in [0.15, 0.2) is 6.61 Å². The molecule has 0 unspecified atom stereocenters. The van der Waals surface area contributed by atoms with Gasteiger partial charge in [-0.2, -0.15) is 0 Å². The molecule has 0 bridgehead atoms. The van der Waals surface area contributed by atoms with E-state index in [1.165, 1.54) is 29.2 Å². The molecule has 1 aromatic carbocycles. The number of likely N-dealkylation sites (N-methyl/N-ethyl adjacent to an activating group) is 1. The number of rotatable bonds is 7. The Morgan fingerprint density at radius 2 is 1.83 bits per heavy atom. The fourth-order valence-electron chi connectivity index (χ4n) is 1.91. The Bertz CT molecular complexity index is 593. The van der Waals surface area contributed by atoms with Crippen molar-refractivity contribution in [2.45, 2.75) is 33.2 Å². The Morgan fingerprint density at radius 1 is 1.25 bits per heavy atom. The number of carbonyl (C=O) groups is 2. The van der Waals surface area contributed by atoms with E-state index in [0.29, 0.717) is 12.3 Å². The molecular weight excluding hydrogens is 314 g/mol. The van der Waals surface area contributed by atoms with Gasteiger partial charge in [0.25, 0.3) is 11.6 Å². The van der Waals surface area contributed by atoms with Gasteiger partial charge >= 0.3 is 0 Å². The average molecular weight is 337 g/mol. The zero-order chi connectivity index (χ0) is 18.3. The van der Waals surface area contributed by atoms with Gasteiger partial charge in [-0.15, -0.1) is 0 Å². The molecule has 24 heavy (non-hydrogen) atoms. The molecule has 0 atom stereocenters. The van der Waals surface area contributed by atoms with E-state index in [9.17, 15) is 19.7 Å². The quantitative estimate of drug-likeness (QED) is 0.603. The number of non-ortho nitro benzene ring substituents is 1. The van der Waals surface area contributed by atoms with Crippen LogP contribution < -0.4 is 10.1 Å². The molecule has 1 rings (SSSR count). The van der Waals surface area contributed by atoms with Gasteiger partial charge in [0.2, 0.25) is 5.91 Å². The number of hydrogen-bond donors (Lipinski definition) is 1. The highest BCUT2D eigenvalue weighted by Gasteiger charge is 2.19. The summed E-state index contributed by atoms with van der Waals surface area (Å²) in [5.74, 6) is -0.225. The van der Waals surface area contributed by atoms with E-state index in [0.717, 1.165) is 0 Å². The highest BCUT2D eigenvalue weighted by atomic mass is 16.6. The second kappa shape index (κ2) is 8.28. The third-order valence-electron chi connectivity index (χ3n) is 2.99. The number of benzene rings is 1. The molecule has 0 saturated carbocycles. The van der Waals surface area contributed by atoms with Crippen molar-refractivity contribution in [3.63, 3.8) is 0 Å². The summed E-state index contributed by atoms with van der Waals surface area (Å²) in [5.41, 5.74) is -0.419. The second-order valence-electron chi connectivity index (χ2n) is 6.25. The van der Waals surface area contributed by atoms with Crippen molar-refractivity contribution in [3.05, 3.63) is 34.4 Å². The summed E-state index contributed by atoms with van der Waals surface area (Å²) in [4.78, 5) is 35.5. The third-order valence-corrected chi connectivity index (χ3v) is 2.99. The minimum Gasteiger partial charge on any atom is -0.484 e. The van der Waals surface area contributed by atoms with Crippen molar-refractivity contribution in [2.24, 2.45) is 0 Å². The lowest BCUT2D eigenvalue weighted by atomic mass is 10.1. The molecule has 0 spiro atoms. The van der Waals surface area contributed by atoms with Crippen molar-refractivity contribution in [1.82, 2.24) is 10.2 Å². The first kappa shape index (κ1) is 19.4. The van der Waals surface area contributed by atoms with Gasteiger partial charge < -0.3 is 15.0 Å². The van der Waals surface area contributed by atoms with Gasteiger partial charge in [-0.1, -0.05) is 0 Å². The Labute approximate surface area is 140 Å². The highest BCUT2D eigenvalue weighted by molar-refractivity contribution is 5.85. The molecule has 0 aliphatic heterocycles. The fraction of sp³-hybridized carbons (Fsp3) is 0.500. The van der Waals surface area contributed by atoms with Gasteiger partial charge in [0.05, 0.1) is 11.5 Å². The van der Waals surface area contributed by atoms with Crippen LogP contribution in [0.5, 0.6) is 5.75 Å².